The Kier molecular flexibility index (Phi) is 4.38. The van der Waals surface area contributed by atoms with Gasteiger partial charge in [-0.2, -0.15) is 5.10 Å². The van der Waals surface area contributed by atoms with Crippen LogP contribution in [0, 0.1) is 12.7 Å². The van der Waals surface area contributed by atoms with Gasteiger partial charge in [0.05, 0.1) is 23.9 Å². The lowest BCUT2D eigenvalue weighted by atomic mass is 10.1. The van der Waals surface area contributed by atoms with Crippen molar-refractivity contribution in [2.45, 2.75) is 39.8 Å². The molecule has 30 heavy (non-hydrogen) atoms. The highest BCUT2D eigenvalue weighted by atomic mass is 19.1. The molecule has 3 aromatic heterocycles. The van der Waals surface area contributed by atoms with Crippen LogP contribution in [0.1, 0.15) is 31.2 Å². The molecule has 0 unspecified atom stereocenters. The van der Waals surface area contributed by atoms with E-state index in [4.69, 9.17) is 9.15 Å². The molecule has 9 heteroatoms. The second-order valence-corrected chi connectivity index (χ2v) is 7.60. The van der Waals surface area contributed by atoms with Crippen LogP contribution in [-0.2, 0) is 13.0 Å². The minimum atomic E-state index is -0.429. The standard InChI is InChI=1S/C21H21FN6O2/c1-11(2)29-19-6-13-15(7-14(19)22)26-27-21(13)16-8-20(24-10-23-16)28-5-4-18-17(9-28)25-12(3)30-18/h6-8,10-11H,4-5,9H2,1-3H3,(H,26,27). The molecule has 0 fully saturated rings. The molecular formula is C21H21FN6O2. The average Bonchev–Trinajstić information content (AvgIpc) is 3.29. The summed E-state index contributed by atoms with van der Waals surface area (Å²) in [6, 6.07) is 4.95. The van der Waals surface area contributed by atoms with Crippen molar-refractivity contribution in [1.29, 1.82) is 0 Å². The number of rotatable bonds is 4. The maximum atomic E-state index is 14.3. The highest BCUT2D eigenvalue weighted by molar-refractivity contribution is 5.93. The zero-order chi connectivity index (χ0) is 20.8. The van der Waals surface area contributed by atoms with E-state index < -0.39 is 5.82 Å². The van der Waals surface area contributed by atoms with Gasteiger partial charge < -0.3 is 14.1 Å². The molecule has 0 amide bonds. The number of ether oxygens (including phenoxy) is 1. The number of anilines is 1. The van der Waals surface area contributed by atoms with Crippen molar-refractivity contribution in [3.63, 3.8) is 0 Å². The summed E-state index contributed by atoms with van der Waals surface area (Å²) in [4.78, 5) is 15.4. The van der Waals surface area contributed by atoms with Crippen molar-refractivity contribution in [1.82, 2.24) is 25.1 Å². The second kappa shape index (κ2) is 7.08. The first-order chi connectivity index (χ1) is 14.5. The van der Waals surface area contributed by atoms with Crippen molar-refractivity contribution >= 4 is 16.7 Å². The molecule has 1 aliphatic heterocycles. The summed E-state index contributed by atoms with van der Waals surface area (Å²) in [6.07, 6.45) is 2.15. The van der Waals surface area contributed by atoms with Crippen LogP contribution in [0.25, 0.3) is 22.3 Å². The Balaban J connectivity index is 1.50. The molecule has 0 bridgehead atoms. The number of fused-ring (bicyclic) bond motifs is 2. The minimum absolute atomic E-state index is 0.137. The van der Waals surface area contributed by atoms with Gasteiger partial charge in [0.25, 0.3) is 0 Å². The quantitative estimate of drug-likeness (QED) is 0.549. The fourth-order valence-electron chi connectivity index (χ4n) is 3.73. The molecule has 154 valence electrons. The van der Waals surface area contributed by atoms with E-state index in [0.717, 1.165) is 35.6 Å². The van der Waals surface area contributed by atoms with Crippen molar-refractivity contribution in [2.75, 3.05) is 11.4 Å². The van der Waals surface area contributed by atoms with Crippen molar-refractivity contribution in [3.05, 3.63) is 47.7 Å². The van der Waals surface area contributed by atoms with E-state index in [2.05, 4.69) is 30.0 Å². The number of aromatic amines is 1. The smallest absolute Gasteiger partial charge is 0.191 e. The third kappa shape index (κ3) is 3.26. The Bertz CT molecular complexity index is 1230. The maximum absolute atomic E-state index is 14.3. The number of hydrogen-bond donors (Lipinski definition) is 1. The molecule has 0 spiro atoms. The minimum Gasteiger partial charge on any atom is -0.488 e. The molecule has 4 aromatic rings. The van der Waals surface area contributed by atoms with Gasteiger partial charge in [-0.15, -0.1) is 0 Å². The summed E-state index contributed by atoms with van der Waals surface area (Å²) >= 11 is 0. The molecule has 1 aliphatic rings. The van der Waals surface area contributed by atoms with Gasteiger partial charge >= 0.3 is 0 Å². The Hall–Kier alpha value is -3.49. The molecule has 1 N–H and O–H groups in total. The molecule has 5 rings (SSSR count). The lowest BCUT2D eigenvalue weighted by molar-refractivity contribution is 0.231. The number of nitrogens with one attached hydrogen (secondary N) is 1. The summed E-state index contributed by atoms with van der Waals surface area (Å²) < 4.78 is 25.5. The van der Waals surface area contributed by atoms with Crippen LogP contribution in [-0.4, -0.2) is 37.8 Å². The third-order valence-corrected chi connectivity index (χ3v) is 5.03. The third-order valence-electron chi connectivity index (χ3n) is 5.03. The molecule has 0 saturated carbocycles. The van der Waals surface area contributed by atoms with E-state index >= 15 is 0 Å². The molecular weight excluding hydrogens is 387 g/mol. The zero-order valence-corrected chi connectivity index (χ0v) is 16.9. The number of aryl methyl sites for hydroxylation is 1. The summed E-state index contributed by atoms with van der Waals surface area (Å²) in [7, 11) is 0. The van der Waals surface area contributed by atoms with Crippen LogP contribution in [0.15, 0.2) is 28.9 Å². The van der Waals surface area contributed by atoms with Gasteiger partial charge in [-0.1, -0.05) is 0 Å². The van der Waals surface area contributed by atoms with Gasteiger partial charge in [-0.3, -0.25) is 5.10 Å². The summed E-state index contributed by atoms with van der Waals surface area (Å²) in [5, 5.41) is 7.99. The van der Waals surface area contributed by atoms with Crippen LogP contribution in [0.2, 0.25) is 0 Å². The molecule has 0 radical (unpaired) electrons. The van der Waals surface area contributed by atoms with Crippen LogP contribution in [0.4, 0.5) is 10.2 Å². The van der Waals surface area contributed by atoms with Gasteiger partial charge in [0.2, 0.25) is 0 Å². The number of hydrogen-bond acceptors (Lipinski definition) is 7. The molecule has 8 nitrogen and oxygen atoms in total. The first-order valence-electron chi connectivity index (χ1n) is 9.85. The summed E-state index contributed by atoms with van der Waals surface area (Å²) in [5.41, 5.74) is 2.79. The van der Waals surface area contributed by atoms with Crippen molar-refractivity contribution in [2.24, 2.45) is 0 Å². The average molecular weight is 408 g/mol. The zero-order valence-electron chi connectivity index (χ0n) is 16.9. The van der Waals surface area contributed by atoms with Crippen molar-refractivity contribution in [3.8, 4) is 17.1 Å². The first kappa shape index (κ1) is 18.5. The lowest BCUT2D eigenvalue weighted by Crippen LogP contribution is -2.30. The number of H-pyrrole nitrogens is 1. The second-order valence-electron chi connectivity index (χ2n) is 7.60. The first-order valence-corrected chi connectivity index (χ1v) is 9.85. The van der Waals surface area contributed by atoms with E-state index in [1.807, 2.05) is 26.8 Å². The van der Waals surface area contributed by atoms with Crippen LogP contribution in [0.3, 0.4) is 0 Å². The molecule has 0 aliphatic carbocycles. The highest BCUT2D eigenvalue weighted by Gasteiger charge is 2.23. The fourth-order valence-corrected chi connectivity index (χ4v) is 3.73. The van der Waals surface area contributed by atoms with Crippen LogP contribution < -0.4 is 9.64 Å². The largest absolute Gasteiger partial charge is 0.488 e. The van der Waals surface area contributed by atoms with E-state index in [1.165, 1.54) is 12.4 Å². The topological polar surface area (TPSA) is 93.0 Å². The van der Waals surface area contributed by atoms with E-state index in [0.29, 0.717) is 29.3 Å². The van der Waals surface area contributed by atoms with Gasteiger partial charge in [-0.25, -0.2) is 19.3 Å². The Morgan fingerprint density at radius 1 is 1.23 bits per heavy atom. The maximum Gasteiger partial charge on any atom is 0.191 e. The molecule has 1 aromatic carbocycles. The number of aromatic nitrogens is 5. The normalized spacial score (nSPS) is 13.8. The predicted octanol–water partition coefficient (Wildman–Crippen LogP) is 3.81. The summed E-state index contributed by atoms with van der Waals surface area (Å²) in [6.45, 7) is 6.97. The van der Waals surface area contributed by atoms with Gasteiger partial charge in [0.15, 0.2) is 17.5 Å². The lowest BCUT2D eigenvalue weighted by Gasteiger charge is -2.26. The SMILES string of the molecule is Cc1nc2c(o1)CCN(c1cc(-c3n[nH]c4cc(F)c(OC(C)C)cc34)ncn1)C2. The number of oxazole rings is 1. The number of nitrogens with zero attached hydrogens (tertiary/aromatic N) is 5. The molecule has 0 atom stereocenters. The highest BCUT2D eigenvalue weighted by Crippen LogP contribution is 2.32. The van der Waals surface area contributed by atoms with Gasteiger partial charge in [-0.05, 0) is 19.9 Å². The van der Waals surface area contributed by atoms with Gasteiger partial charge in [0, 0.05) is 37.4 Å². The predicted molar refractivity (Wildman–Crippen MR) is 109 cm³/mol. The number of benzene rings is 1. The van der Waals surface area contributed by atoms with Gasteiger partial charge in [0.1, 0.15) is 29.3 Å². The monoisotopic (exact) mass is 408 g/mol. The molecule has 4 heterocycles. The van der Waals surface area contributed by atoms with Crippen LogP contribution in [0.5, 0.6) is 5.75 Å². The van der Waals surface area contributed by atoms with Crippen molar-refractivity contribution < 1.29 is 13.5 Å². The van der Waals surface area contributed by atoms with E-state index in [-0.39, 0.29) is 11.9 Å². The Labute approximate surface area is 172 Å². The Morgan fingerprint density at radius 2 is 2.10 bits per heavy atom. The molecule has 0 saturated heterocycles. The Morgan fingerprint density at radius 3 is 2.93 bits per heavy atom. The van der Waals surface area contributed by atoms with E-state index in [9.17, 15) is 4.39 Å². The fraction of sp³-hybridized carbons (Fsp3) is 0.333. The van der Waals surface area contributed by atoms with Crippen LogP contribution >= 0.6 is 0 Å². The van der Waals surface area contributed by atoms with E-state index in [1.54, 1.807) is 6.07 Å². The summed E-state index contributed by atoms with van der Waals surface area (Å²) in [5.74, 6) is 2.17. The number of halogens is 1.